The maximum Gasteiger partial charge on any atom is 0.246 e. The van der Waals surface area contributed by atoms with Crippen LogP contribution in [0.15, 0.2) is 36.9 Å². The molecule has 134 valence electrons. The molecule has 0 unspecified atom stereocenters. The fraction of sp³-hybridized carbons (Fsp3) is 0.444. The number of carbonyl (C=O) groups is 2. The highest BCUT2D eigenvalue weighted by molar-refractivity contribution is 5.97. The van der Waals surface area contributed by atoms with Crippen molar-refractivity contribution in [3.05, 3.63) is 36.9 Å². The molecule has 1 aromatic heterocycles. The molecule has 0 aliphatic carbocycles. The second kappa shape index (κ2) is 8.96. The molecular formula is C18H25N5O2. The Morgan fingerprint density at radius 2 is 1.88 bits per heavy atom. The van der Waals surface area contributed by atoms with Gasteiger partial charge in [-0.05, 0) is 37.6 Å². The third-order valence-electron chi connectivity index (χ3n) is 4.01. The molecule has 0 spiro atoms. The van der Waals surface area contributed by atoms with Crippen LogP contribution in [0.25, 0.3) is 5.69 Å². The Hall–Kier alpha value is -2.70. The summed E-state index contributed by atoms with van der Waals surface area (Å²) in [5.41, 5.74) is 1.51. The van der Waals surface area contributed by atoms with Gasteiger partial charge in [-0.2, -0.15) is 5.10 Å². The van der Waals surface area contributed by atoms with Crippen molar-refractivity contribution in [2.24, 2.45) is 5.92 Å². The van der Waals surface area contributed by atoms with E-state index in [-0.39, 0.29) is 17.7 Å². The van der Waals surface area contributed by atoms with E-state index in [9.17, 15) is 9.59 Å². The summed E-state index contributed by atoms with van der Waals surface area (Å²) < 4.78 is 1.63. The quantitative estimate of drug-likeness (QED) is 0.771. The zero-order chi connectivity index (χ0) is 18.2. The number of anilines is 1. The van der Waals surface area contributed by atoms with Crippen LogP contribution in [0.3, 0.4) is 0 Å². The molecule has 0 radical (unpaired) electrons. The summed E-state index contributed by atoms with van der Waals surface area (Å²) >= 11 is 0. The average Bonchev–Trinajstić information content (AvgIpc) is 3.14. The normalized spacial score (nSPS) is 13.1. The van der Waals surface area contributed by atoms with Gasteiger partial charge < -0.3 is 10.6 Å². The van der Waals surface area contributed by atoms with Gasteiger partial charge in [0.05, 0.1) is 5.69 Å². The van der Waals surface area contributed by atoms with Crippen molar-refractivity contribution in [1.82, 2.24) is 20.1 Å². The highest BCUT2D eigenvalue weighted by atomic mass is 16.2. The maximum atomic E-state index is 12.2. The second-order valence-electron chi connectivity index (χ2n) is 6.15. The van der Waals surface area contributed by atoms with Gasteiger partial charge in [-0.1, -0.05) is 26.7 Å². The summed E-state index contributed by atoms with van der Waals surface area (Å²) in [5.74, 6) is -0.417. The summed E-state index contributed by atoms with van der Waals surface area (Å²) in [6.07, 6.45) is 5.96. The molecule has 7 heteroatoms. The van der Waals surface area contributed by atoms with Crippen LogP contribution in [-0.4, -0.2) is 32.6 Å². The van der Waals surface area contributed by atoms with E-state index in [4.69, 9.17) is 0 Å². The van der Waals surface area contributed by atoms with Gasteiger partial charge in [0.15, 0.2) is 0 Å². The van der Waals surface area contributed by atoms with Crippen molar-refractivity contribution in [2.75, 3.05) is 5.32 Å². The molecule has 0 bridgehead atoms. The molecule has 0 aliphatic heterocycles. The van der Waals surface area contributed by atoms with Gasteiger partial charge in [-0.25, -0.2) is 9.67 Å². The molecule has 0 saturated heterocycles. The predicted octanol–water partition coefficient (Wildman–Crippen LogP) is 2.54. The number of amides is 2. The summed E-state index contributed by atoms with van der Waals surface area (Å²) in [4.78, 5) is 28.2. The van der Waals surface area contributed by atoms with Crippen molar-refractivity contribution in [2.45, 2.75) is 46.1 Å². The van der Waals surface area contributed by atoms with Crippen LogP contribution in [0.2, 0.25) is 0 Å². The van der Waals surface area contributed by atoms with Gasteiger partial charge in [0.25, 0.3) is 0 Å². The molecule has 2 amide bonds. The number of unbranched alkanes of at least 4 members (excludes halogenated alkanes) is 1. The molecule has 25 heavy (non-hydrogen) atoms. The van der Waals surface area contributed by atoms with Crippen molar-refractivity contribution >= 4 is 17.5 Å². The first-order valence-corrected chi connectivity index (χ1v) is 8.57. The third kappa shape index (κ3) is 5.41. The molecule has 2 rings (SSSR count). The molecule has 7 nitrogen and oxygen atoms in total. The first-order chi connectivity index (χ1) is 12.0. The number of hydrogen-bond donors (Lipinski definition) is 2. The zero-order valence-electron chi connectivity index (χ0n) is 14.9. The highest BCUT2D eigenvalue weighted by Crippen LogP contribution is 2.13. The lowest BCUT2D eigenvalue weighted by Gasteiger charge is -2.17. The lowest BCUT2D eigenvalue weighted by atomic mass is 10.0. The Balaban J connectivity index is 1.87. The standard InChI is InChI=1S/C18H25N5O2/c1-4-5-6-13(2)17(24)21-14(3)18(25)22-15-7-9-16(10-8-15)23-12-19-11-20-23/h7-14H,4-6H2,1-3H3,(H,21,24)(H,22,25)/t13-,14+/m1/s1. The smallest absolute Gasteiger partial charge is 0.246 e. The number of rotatable bonds is 8. The lowest BCUT2D eigenvalue weighted by Crippen LogP contribution is -2.43. The fourth-order valence-corrected chi connectivity index (χ4v) is 2.35. The molecule has 2 N–H and O–H groups in total. The first kappa shape index (κ1) is 18.6. The predicted molar refractivity (Wildman–Crippen MR) is 96.3 cm³/mol. The largest absolute Gasteiger partial charge is 0.344 e. The maximum absolute atomic E-state index is 12.2. The monoisotopic (exact) mass is 343 g/mol. The van der Waals surface area contributed by atoms with Gasteiger partial charge in [0.1, 0.15) is 18.7 Å². The van der Waals surface area contributed by atoms with Gasteiger partial charge in [-0.15, -0.1) is 0 Å². The number of hydrogen-bond acceptors (Lipinski definition) is 4. The number of nitrogens with zero attached hydrogens (tertiary/aromatic N) is 3. The van der Waals surface area contributed by atoms with Gasteiger partial charge in [0, 0.05) is 11.6 Å². The Morgan fingerprint density at radius 3 is 2.48 bits per heavy atom. The molecule has 0 saturated carbocycles. The van der Waals surface area contributed by atoms with E-state index in [1.54, 1.807) is 30.1 Å². The second-order valence-corrected chi connectivity index (χ2v) is 6.15. The highest BCUT2D eigenvalue weighted by Gasteiger charge is 2.19. The van der Waals surface area contributed by atoms with E-state index in [0.717, 1.165) is 24.9 Å². The summed E-state index contributed by atoms with van der Waals surface area (Å²) in [7, 11) is 0. The fourth-order valence-electron chi connectivity index (χ4n) is 2.35. The van der Waals surface area contributed by atoms with Gasteiger partial charge >= 0.3 is 0 Å². The van der Waals surface area contributed by atoms with E-state index in [1.807, 2.05) is 19.1 Å². The minimum absolute atomic E-state index is 0.0855. The summed E-state index contributed by atoms with van der Waals surface area (Å²) in [6.45, 7) is 5.66. The number of nitrogens with one attached hydrogen (secondary N) is 2. The third-order valence-corrected chi connectivity index (χ3v) is 4.01. The average molecular weight is 343 g/mol. The van der Waals surface area contributed by atoms with Crippen LogP contribution in [0, 0.1) is 5.92 Å². The lowest BCUT2D eigenvalue weighted by molar-refractivity contribution is -0.128. The minimum Gasteiger partial charge on any atom is -0.344 e. The Labute approximate surface area is 147 Å². The Morgan fingerprint density at radius 1 is 1.16 bits per heavy atom. The van der Waals surface area contributed by atoms with Crippen molar-refractivity contribution < 1.29 is 9.59 Å². The van der Waals surface area contributed by atoms with Crippen LogP contribution >= 0.6 is 0 Å². The van der Waals surface area contributed by atoms with Gasteiger partial charge in [0.2, 0.25) is 11.8 Å². The molecule has 0 fully saturated rings. The Kier molecular flexibility index (Phi) is 6.68. The molecule has 2 aromatic rings. The van der Waals surface area contributed by atoms with Crippen LogP contribution in [-0.2, 0) is 9.59 Å². The van der Waals surface area contributed by atoms with E-state index in [0.29, 0.717) is 5.69 Å². The van der Waals surface area contributed by atoms with Gasteiger partial charge in [-0.3, -0.25) is 9.59 Å². The molecule has 2 atom stereocenters. The minimum atomic E-state index is -0.591. The number of carbonyl (C=O) groups excluding carboxylic acids is 2. The van der Waals surface area contributed by atoms with E-state index in [2.05, 4.69) is 27.6 Å². The number of aromatic nitrogens is 3. The first-order valence-electron chi connectivity index (χ1n) is 8.57. The van der Waals surface area contributed by atoms with Crippen molar-refractivity contribution in [1.29, 1.82) is 0 Å². The topological polar surface area (TPSA) is 88.9 Å². The van der Waals surface area contributed by atoms with E-state index in [1.165, 1.54) is 6.33 Å². The van der Waals surface area contributed by atoms with Crippen LogP contribution in [0.4, 0.5) is 5.69 Å². The molecule has 1 heterocycles. The van der Waals surface area contributed by atoms with Crippen LogP contribution in [0.1, 0.15) is 40.0 Å². The molecule has 0 aliphatic rings. The number of benzene rings is 1. The van der Waals surface area contributed by atoms with Crippen LogP contribution < -0.4 is 10.6 Å². The van der Waals surface area contributed by atoms with Crippen molar-refractivity contribution in [3.8, 4) is 5.69 Å². The zero-order valence-corrected chi connectivity index (χ0v) is 14.9. The van der Waals surface area contributed by atoms with E-state index >= 15 is 0 Å². The molecular weight excluding hydrogens is 318 g/mol. The van der Waals surface area contributed by atoms with Crippen LogP contribution in [0.5, 0.6) is 0 Å². The molecule has 1 aromatic carbocycles. The Bertz CT molecular complexity index is 682. The van der Waals surface area contributed by atoms with Crippen molar-refractivity contribution in [3.63, 3.8) is 0 Å². The summed E-state index contributed by atoms with van der Waals surface area (Å²) in [6, 6.07) is 6.65. The SMILES string of the molecule is CCCC[C@@H](C)C(=O)N[C@@H](C)C(=O)Nc1ccc(-n2cncn2)cc1. The van der Waals surface area contributed by atoms with E-state index < -0.39 is 6.04 Å². The summed E-state index contributed by atoms with van der Waals surface area (Å²) in [5, 5.41) is 9.62.